The minimum Gasteiger partial charge on any atom is -0.494 e. The summed E-state index contributed by atoms with van der Waals surface area (Å²) in [5, 5.41) is 3.93. The van der Waals surface area contributed by atoms with Crippen LogP contribution in [0.3, 0.4) is 0 Å². The molecule has 1 amide bonds. The van der Waals surface area contributed by atoms with Gasteiger partial charge in [-0.2, -0.15) is 0 Å². The van der Waals surface area contributed by atoms with Gasteiger partial charge in [0.05, 0.1) is 23.1 Å². The molecule has 0 aliphatic heterocycles. The molecule has 2 aromatic carbocycles. The molecule has 4 aromatic rings. The van der Waals surface area contributed by atoms with E-state index in [9.17, 15) is 4.79 Å². The smallest absolute Gasteiger partial charge is 0.229 e. The highest BCUT2D eigenvalue weighted by Crippen LogP contribution is 2.33. The van der Waals surface area contributed by atoms with Crippen molar-refractivity contribution in [2.24, 2.45) is 0 Å². The third-order valence-electron chi connectivity index (χ3n) is 4.90. The van der Waals surface area contributed by atoms with Crippen molar-refractivity contribution in [3.63, 3.8) is 0 Å². The molecular formula is C24H21Cl2N3O2. The fourth-order valence-electron chi connectivity index (χ4n) is 3.40. The van der Waals surface area contributed by atoms with Gasteiger partial charge in [0.1, 0.15) is 22.9 Å². The quantitative estimate of drug-likeness (QED) is 0.378. The van der Waals surface area contributed by atoms with Crippen LogP contribution in [0.4, 0.5) is 5.82 Å². The number of halogens is 2. The standard InChI is InChI=1S/C24H21Cl2N3O2/c1-3-31-18-9-6-16(7-10-18)13-21(30)27-24-22(17-8-11-19(25)20(26)14-17)28-23-15(2)5-4-12-29(23)24/h4-12,14H,3,13H2,1-2H3,(H,27,30). The summed E-state index contributed by atoms with van der Waals surface area (Å²) < 4.78 is 7.34. The summed E-state index contributed by atoms with van der Waals surface area (Å²) in [4.78, 5) is 17.7. The lowest BCUT2D eigenvalue weighted by atomic mass is 10.1. The normalized spacial score (nSPS) is 11.0. The summed E-state index contributed by atoms with van der Waals surface area (Å²) in [6.07, 6.45) is 2.11. The van der Waals surface area contributed by atoms with Gasteiger partial charge >= 0.3 is 0 Å². The van der Waals surface area contributed by atoms with E-state index in [1.165, 1.54) is 0 Å². The lowest BCUT2D eigenvalue weighted by molar-refractivity contribution is -0.115. The highest BCUT2D eigenvalue weighted by molar-refractivity contribution is 6.42. The molecule has 7 heteroatoms. The number of nitrogens with one attached hydrogen (secondary N) is 1. The van der Waals surface area contributed by atoms with Gasteiger partial charge < -0.3 is 10.1 Å². The molecule has 4 rings (SSSR count). The van der Waals surface area contributed by atoms with Gasteiger partial charge in [-0.3, -0.25) is 9.20 Å². The Balaban J connectivity index is 1.67. The Hall–Kier alpha value is -3.02. The number of anilines is 1. The van der Waals surface area contributed by atoms with E-state index in [1.807, 2.05) is 66.9 Å². The van der Waals surface area contributed by atoms with E-state index in [4.69, 9.17) is 32.9 Å². The van der Waals surface area contributed by atoms with Crippen LogP contribution in [0.2, 0.25) is 10.0 Å². The van der Waals surface area contributed by atoms with E-state index in [2.05, 4.69) is 5.32 Å². The number of amides is 1. The van der Waals surface area contributed by atoms with Crippen molar-refractivity contribution < 1.29 is 9.53 Å². The number of carbonyl (C=O) groups excluding carboxylic acids is 1. The maximum atomic E-state index is 12.9. The fourth-order valence-corrected chi connectivity index (χ4v) is 3.70. The predicted octanol–water partition coefficient (Wildman–Crippen LogP) is 6.20. The van der Waals surface area contributed by atoms with Gasteiger partial charge in [-0.15, -0.1) is 0 Å². The van der Waals surface area contributed by atoms with Gasteiger partial charge in [0.2, 0.25) is 5.91 Å². The molecule has 158 valence electrons. The molecule has 0 aliphatic rings. The summed E-state index contributed by atoms with van der Waals surface area (Å²) in [5.74, 6) is 1.23. The Kier molecular flexibility index (Phi) is 6.16. The van der Waals surface area contributed by atoms with Crippen LogP contribution in [-0.4, -0.2) is 21.9 Å². The molecule has 0 radical (unpaired) electrons. The van der Waals surface area contributed by atoms with Crippen LogP contribution in [0.1, 0.15) is 18.1 Å². The van der Waals surface area contributed by atoms with E-state index in [0.717, 1.165) is 28.1 Å². The first-order valence-electron chi connectivity index (χ1n) is 9.91. The summed E-state index contributed by atoms with van der Waals surface area (Å²) in [5.41, 5.74) is 4.06. The molecule has 1 N–H and O–H groups in total. The van der Waals surface area contributed by atoms with E-state index in [-0.39, 0.29) is 12.3 Å². The van der Waals surface area contributed by atoms with E-state index in [1.54, 1.807) is 12.1 Å². The van der Waals surface area contributed by atoms with Crippen molar-refractivity contribution in [1.29, 1.82) is 0 Å². The van der Waals surface area contributed by atoms with E-state index >= 15 is 0 Å². The van der Waals surface area contributed by atoms with Gasteiger partial charge in [-0.1, -0.05) is 47.5 Å². The Bertz CT molecular complexity index is 1250. The second-order valence-electron chi connectivity index (χ2n) is 7.12. The van der Waals surface area contributed by atoms with Crippen LogP contribution in [0.15, 0.2) is 60.8 Å². The zero-order valence-corrected chi connectivity index (χ0v) is 18.7. The number of rotatable bonds is 6. The van der Waals surface area contributed by atoms with Crippen LogP contribution < -0.4 is 10.1 Å². The Labute approximate surface area is 190 Å². The molecule has 0 atom stereocenters. The number of imidazole rings is 1. The SMILES string of the molecule is CCOc1ccc(CC(=O)Nc2c(-c3ccc(Cl)c(Cl)c3)nc3c(C)cccn23)cc1. The topological polar surface area (TPSA) is 55.6 Å². The number of fused-ring (bicyclic) bond motifs is 1. The number of pyridine rings is 1. The molecule has 2 heterocycles. The number of ether oxygens (including phenoxy) is 1. The zero-order chi connectivity index (χ0) is 22.0. The number of hydrogen-bond acceptors (Lipinski definition) is 3. The predicted molar refractivity (Wildman–Crippen MR) is 125 cm³/mol. The van der Waals surface area contributed by atoms with Crippen LogP contribution in [0.5, 0.6) is 5.75 Å². The number of aromatic nitrogens is 2. The average Bonchev–Trinajstić information content (AvgIpc) is 3.11. The molecule has 0 spiro atoms. The van der Waals surface area contributed by atoms with Gasteiger partial charge in [0.15, 0.2) is 0 Å². The molecule has 31 heavy (non-hydrogen) atoms. The van der Waals surface area contributed by atoms with Gasteiger partial charge in [-0.05, 0) is 55.3 Å². The number of nitrogens with zero attached hydrogens (tertiary/aromatic N) is 2. The van der Waals surface area contributed by atoms with Crippen LogP contribution in [0, 0.1) is 6.92 Å². The van der Waals surface area contributed by atoms with Crippen molar-refractivity contribution >= 4 is 40.6 Å². The first-order valence-corrected chi connectivity index (χ1v) is 10.7. The third-order valence-corrected chi connectivity index (χ3v) is 5.63. The third kappa shape index (κ3) is 4.53. The maximum Gasteiger partial charge on any atom is 0.229 e. The minimum atomic E-state index is -0.145. The summed E-state index contributed by atoms with van der Waals surface area (Å²) in [6, 6.07) is 16.7. The molecule has 2 aromatic heterocycles. The van der Waals surface area contributed by atoms with Crippen molar-refractivity contribution in [1.82, 2.24) is 9.38 Å². The Morgan fingerprint density at radius 3 is 2.58 bits per heavy atom. The number of carbonyl (C=O) groups is 1. The van der Waals surface area contributed by atoms with E-state index in [0.29, 0.717) is 28.2 Å². The van der Waals surface area contributed by atoms with Crippen LogP contribution in [-0.2, 0) is 11.2 Å². The first-order chi connectivity index (χ1) is 15.0. The van der Waals surface area contributed by atoms with E-state index < -0.39 is 0 Å². The highest BCUT2D eigenvalue weighted by Gasteiger charge is 2.18. The van der Waals surface area contributed by atoms with Gasteiger partial charge in [-0.25, -0.2) is 4.98 Å². The van der Waals surface area contributed by atoms with Crippen molar-refractivity contribution in [2.75, 3.05) is 11.9 Å². The molecule has 0 bridgehead atoms. The molecule has 0 saturated heterocycles. The lowest BCUT2D eigenvalue weighted by Gasteiger charge is -2.09. The zero-order valence-electron chi connectivity index (χ0n) is 17.2. The van der Waals surface area contributed by atoms with Gasteiger partial charge in [0.25, 0.3) is 0 Å². The second kappa shape index (κ2) is 9.00. The Morgan fingerprint density at radius 1 is 1.10 bits per heavy atom. The second-order valence-corrected chi connectivity index (χ2v) is 7.94. The maximum absolute atomic E-state index is 12.9. The highest BCUT2D eigenvalue weighted by atomic mass is 35.5. The number of hydrogen-bond donors (Lipinski definition) is 1. The Morgan fingerprint density at radius 2 is 1.87 bits per heavy atom. The largest absolute Gasteiger partial charge is 0.494 e. The molecule has 0 aliphatic carbocycles. The summed E-state index contributed by atoms with van der Waals surface area (Å²) >= 11 is 12.3. The number of aryl methyl sites for hydroxylation is 1. The summed E-state index contributed by atoms with van der Waals surface area (Å²) in [7, 11) is 0. The molecule has 0 saturated carbocycles. The fraction of sp³-hybridized carbons (Fsp3) is 0.167. The van der Waals surface area contributed by atoms with Crippen molar-refractivity contribution in [3.8, 4) is 17.0 Å². The van der Waals surface area contributed by atoms with Gasteiger partial charge in [0, 0.05) is 11.8 Å². The first kappa shape index (κ1) is 21.2. The molecule has 0 unspecified atom stereocenters. The average molecular weight is 454 g/mol. The van der Waals surface area contributed by atoms with Crippen LogP contribution in [0.25, 0.3) is 16.9 Å². The van der Waals surface area contributed by atoms with Crippen LogP contribution >= 0.6 is 23.2 Å². The molecular weight excluding hydrogens is 433 g/mol. The molecule has 0 fully saturated rings. The minimum absolute atomic E-state index is 0.145. The van der Waals surface area contributed by atoms with Crippen molar-refractivity contribution in [2.45, 2.75) is 20.3 Å². The lowest BCUT2D eigenvalue weighted by Crippen LogP contribution is -2.16. The monoisotopic (exact) mass is 453 g/mol. The summed E-state index contributed by atoms with van der Waals surface area (Å²) in [6.45, 7) is 4.52. The molecule has 5 nitrogen and oxygen atoms in total. The number of benzene rings is 2. The van der Waals surface area contributed by atoms with Crippen molar-refractivity contribution in [3.05, 3.63) is 82.0 Å².